The van der Waals surface area contributed by atoms with Gasteiger partial charge < -0.3 is 10.5 Å². The van der Waals surface area contributed by atoms with Gasteiger partial charge in [0.05, 0.1) is 6.61 Å². The van der Waals surface area contributed by atoms with E-state index in [9.17, 15) is 4.79 Å². The molecule has 0 aromatic rings. The summed E-state index contributed by atoms with van der Waals surface area (Å²) in [7, 11) is 0. The molecular formula is C11H19NO2. The van der Waals surface area contributed by atoms with Crippen molar-refractivity contribution in [2.75, 3.05) is 6.61 Å². The van der Waals surface area contributed by atoms with E-state index in [1.54, 1.807) is 0 Å². The highest BCUT2D eigenvalue weighted by Gasteiger charge is 2.51. The van der Waals surface area contributed by atoms with Gasteiger partial charge in [0.1, 0.15) is 0 Å². The van der Waals surface area contributed by atoms with E-state index < -0.39 is 0 Å². The highest BCUT2D eigenvalue weighted by molar-refractivity contribution is 5.65. The molecule has 2 fully saturated rings. The SMILES string of the molecule is CC(=O)OCCC1CC2(CC(N)C2)C1. The minimum atomic E-state index is -0.162. The summed E-state index contributed by atoms with van der Waals surface area (Å²) in [5, 5.41) is 0. The van der Waals surface area contributed by atoms with Crippen LogP contribution in [0.2, 0.25) is 0 Å². The molecule has 2 aliphatic carbocycles. The van der Waals surface area contributed by atoms with E-state index in [4.69, 9.17) is 10.5 Å². The van der Waals surface area contributed by atoms with E-state index in [1.807, 2.05) is 0 Å². The molecule has 2 rings (SSSR count). The average Bonchev–Trinajstić information content (AvgIpc) is 1.96. The van der Waals surface area contributed by atoms with Crippen LogP contribution in [0.3, 0.4) is 0 Å². The molecule has 0 aliphatic heterocycles. The maximum atomic E-state index is 10.5. The van der Waals surface area contributed by atoms with Crippen molar-refractivity contribution < 1.29 is 9.53 Å². The first-order valence-corrected chi connectivity index (χ1v) is 5.49. The zero-order valence-corrected chi connectivity index (χ0v) is 8.79. The van der Waals surface area contributed by atoms with Crippen LogP contribution in [0.15, 0.2) is 0 Å². The standard InChI is InChI=1S/C11H19NO2/c1-8(13)14-3-2-9-4-11(5-9)6-10(12)7-11/h9-10H,2-7,12H2,1H3. The zero-order valence-electron chi connectivity index (χ0n) is 8.79. The smallest absolute Gasteiger partial charge is 0.302 e. The van der Waals surface area contributed by atoms with Crippen molar-refractivity contribution >= 4 is 5.97 Å². The van der Waals surface area contributed by atoms with Gasteiger partial charge in [-0.2, -0.15) is 0 Å². The zero-order chi connectivity index (χ0) is 10.2. The number of carbonyl (C=O) groups excluding carboxylic acids is 1. The van der Waals surface area contributed by atoms with E-state index in [0.717, 1.165) is 12.3 Å². The van der Waals surface area contributed by atoms with Crippen LogP contribution in [-0.4, -0.2) is 18.6 Å². The summed E-state index contributed by atoms with van der Waals surface area (Å²) in [6.45, 7) is 2.06. The number of esters is 1. The molecular weight excluding hydrogens is 178 g/mol. The molecule has 0 aromatic heterocycles. The Morgan fingerprint density at radius 2 is 2.07 bits per heavy atom. The number of hydrogen-bond donors (Lipinski definition) is 1. The third kappa shape index (κ3) is 1.92. The monoisotopic (exact) mass is 197 g/mol. The van der Waals surface area contributed by atoms with Crippen LogP contribution in [0.4, 0.5) is 0 Å². The van der Waals surface area contributed by atoms with Crippen LogP contribution in [-0.2, 0) is 9.53 Å². The second-order valence-electron chi connectivity index (χ2n) is 5.07. The Morgan fingerprint density at radius 1 is 1.43 bits per heavy atom. The predicted octanol–water partition coefficient (Wildman–Crippen LogP) is 1.46. The molecule has 3 heteroatoms. The molecule has 80 valence electrons. The van der Waals surface area contributed by atoms with Gasteiger partial charge in [0.25, 0.3) is 0 Å². The Kier molecular flexibility index (Phi) is 2.52. The van der Waals surface area contributed by atoms with Gasteiger partial charge in [0.2, 0.25) is 0 Å². The second-order valence-corrected chi connectivity index (χ2v) is 5.07. The summed E-state index contributed by atoms with van der Waals surface area (Å²) in [6.07, 6.45) is 6.09. The Hall–Kier alpha value is -0.570. The fraction of sp³-hybridized carbons (Fsp3) is 0.909. The van der Waals surface area contributed by atoms with Crippen LogP contribution in [0.1, 0.15) is 39.0 Å². The van der Waals surface area contributed by atoms with E-state index >= 15 is 0 Å². The van der Waals surface area contributed by atoms with E-state index in [0.29, 0.717) is 18.1 Å². The molecule has 2 aliphatic rings. The van der Waals surface area contributed by atoms with Gasteiger partial charge >= 0.3 is 5.97 Å². The highest BCUT2D eigenvalue weighted by atomic mass is 16.5. The molecule has 0 heterocycles. The maximum absolute atomic E-state index is 10.5. The first kappa shape index (κ1) is 9.97. The van der Waals surface area contributed by atoms with Crippen molar-refractivity contribution in [3.8, 4) is 0 Å². The Balaban J connectivity index is 1.57. The molecule has 2 N–H and O–H groups in total. The van der Waals surface area contributed by atoms with Crippen LogP contribution in [0, 0.1) is 11.3 Å². The third-order valence-electron chi connectivity index (χ3n) is 3.67. The molecule has 3 nitrogen and oxygen atoms in total. The van der Waals surface area contributed by atoms with Crippen LogP contribution >= 0.6 is 0 Å². The highest BCUT2D eigenvalue weighted by Crippen LogP contribution is 2.58. The summed E-state index contributed by atoms with van der Waals surface area (Å²) in [4.78, 5) is 10.5. The number of carbonyl (C=O) groups is 1. The first-order chi connectivity index (χ1) is 6.60. The summed E-state index contributed by atoms with van der Waals surface area (Å²) in [5.74, 6) is 0.617. The van der Waals surface area contributed by atoms with Crippen molar-refractivity contribution in [2.45, 2.75) is 45.1 Å². The molecule has 0 bridgehead atoms. The lowest BCUT2D eigenvalue weighted by Crippen LogP contribution is -2.53. The van der Waals surface area contributed by atoms with Gasteiger partial charge in [-0.1, -0.05) is 0 Å². The average molecular weight is 197 g/mol. The van der Waals surface area contributed by atoms with Gasteiger partial charge in [-0.15, -0.1) is 0 Å². The van der Waals surface area contributed by atoms with Crippen molar-refractivity contribution in [3.05, 3.63) is 0 Å². The Labute approximate surface area is 85.0 Å². The maximum Gasteiger partial charge on any atom is 0.302 e. The predicted molar refractivity (Wildman–Crippen MR) is 53.6 cm³/mol. The lowest BCUT2D eigenvalue weighted by Gasteiger charge is -2.57. The summed E-state index contributed by atoms with van der Waals surface area (Å²) < 4.78 is 4.93. The largest absolute Gasteiger partial charge is 0.466 e. The van der Waals surface area contributed by atoms with Crippen molar-refractivity contribution in [3.63, 3.8) is 0 Å². The second kappa shape index (κ2) is 3.54. The third-order valence-corrected chi connectivity index (χ3v) is 3.67. The molecule has 0 amide bonds. The summed E-state index contributed by atoms with van der Waals surface area (Å²) in [6, 6.07) is 0.462. The minimum Gasteiger partial charge on any atom is -0.466 e. The van der Waals surface area contributed by atoms with Crippen LogP contribution < -0.4 is 5.73 Å². The van der Waals surface area contributed by atoms with Gasteiger partial charge in [0.15, 0.2) is 0 Å². The van der Waals surface area contributed by atoms with E-state index in [-0.39, 0.29) is 5.97 Å². The van der Waals surface area contributed by atoms with Gasteiger partial charge in [0, 0.05) is 13.0 Å². The summed E-state index contributed by atoms with van der Waals surface area (Å²) in [5.41, 5.74) is 6.39. The van der Waals surface area contributed by atoms with E-state index in [2.05, 4.69) is 0 Å². The van der Waals surface area contributed by atoms with Crippen LogP contribution in [0.5, 0.6) is 0 Å². The number of ether oxygens (including phenoxy) is 1. The molecule has 0 radical (unpaired) electrons. The molecule has 0 saturated heterocycles. The fourth-order valence-corrected chi connectivity index (χ4v) is 3.12. The molecule has 1 spiro atoms. The molecule has 14 heavy (non-hydrogen) atoms. The van der Waals surface area contributed by atoms with Gasteiger partial charge in [-0.3, -0.25) is 4.79 Å². The molecule has 2 saturated carbocycles. The van der Waals surface area contributed by atoms with Gasteiger partial charge in [-0.05, 0) is 43.4 Å². The first-order valence-electron chi connectivity index (χ1n) is 5.49. The topological polar surface area (TPSA) is 52.3 Å². The quantitative estimate of drug-likeness (QED) is 0.697. The Bertz CT molecular complexity index is 225. The van der Waals surface area contributed by atoms with Gasteiger partial charge in [-0.25, -0.2) is 0 Å². The fourth-order valence-electron chi connectivity index (χ4n) is 3.12. The minimum absolute atomic E-state index is 0.162. The summed E-state index contributed by atoms with van der Waals surface area (Å²) >= 11 is 0. The van der Waals surface area contributed by atoms with Crippen molar-refractivity contribution in [2.24, 2.45) is 17.1 Å². The van der Waals surface area contributed by atoms with Crippen molar-refractivity contribution in [1.82, 2.24) is 0 Å². The van der Waals surface area contributed by atoms with Crippen LogP contribution in [0.25, 0.3) is 0 Å². The number of hydrogen-bond acceptors (Lipinski definition) is 3. The molecule has 0 atom stereocenters. The molecule has 0 unspecified atom stereocenters. The van der Waals surface area contributed by atoms with E-state index in [1.165, 1.54) is 32.6 Å². The Morgan fingerprint density at radius 3 is 2.57 bits per heavy atom. The lowest BCUT2D eigenvalue weighted by molar-refractivity contribution is -0.142. The molecule has 0 aromatic carbocycles. The number of rotatable bonds is 3. The number of nitrogens with two attached hydrogens (primary N) is 1. The van der Waals surface area contributed by atoms with Crippen molar-refractivity contribution in [1.29, 1.82) is 0 Å². The lowest BCUT2D eigenvalue weighted by atomic mass is 9.50. The normalized spacial score (nSPS) is 40.1.